The standard InChI is InChI=1S/C19H24N4O2S/c1-4-5-9-12-26-18-20-16-15(17(24)22(3)19(25)21(16)2)23(18)13-14-10-7-6-8-11-14/h6-8,10-11H,4-5,9,12-13H2,1-3H3. The number of benzene rings is 1. The molecule has 26 heavy (non-hydrogen) atoms. The number of rotatable bonds is 7. The fraction of sp³-hybridized carbons (Fsp3) is 0.421. The summed E-state index contributed by atoms with van der Waals surface area (Å²) in [6.45, 7) is 2.73. The maximum atomic E-state index is 12.8. The SMILES string of the molecule is CCCCCSc1nc2c(c(=O)n(C)c(=O)n2C)n1Cc1ccccc1. The van der Waals surface area contributed by atoms with Crippen LogP contribution in [0.15, 0.2) is 45.1 Å². The maximum Gasteiger partial charge on any atom is 0.332 e. The molecular weight excluding hydrogens is 348 g/mol. The van der Waals surface area contributed by atoms with E-state index in [-0.39, 0.29) is 11.2 Å². The van der Waals surface area contributed by atoms with Crippen molar-refractivity contribution >= 4 is 22.9 Å². The maximum absolute atomic E-state index is 12.8. The summed E-state index contributed by atoms with van der Waals surface area (Å²) in [5, 5.41) is 0.790. The van der Waals surface area contributed by atoms with Crippen molar-refractivity contribution in [1.82, 2.24) is 18.7 Å². The van der Waals surface area contributed by atoms with Crippen molar-refractivity contribution in [2.45, 2.75) is 37.9 Å². The fourth-order valence-electron chi connectivity index (χ4n) is 2.96. The predicted octanol–water partition coefficient (Wildman–Crippen LogP) is 2.76. The molecular formula is C19H24N4O2S. The van der Waals surface area contributed by atoms with Crippen LogP contribution in [-0.4, -0.2) is 24.4 Å². The quantitative estimate of drug-likeness (QED) is 0.473. The molecule has 0 spiro atoms. The Bertz CT molecular complexity index is 1020. The third-order valence-electron chi connectivity index (χ3n) is 4.48. The number of aryl methyl sites for hydroxylation is 1. The minimum absolute atomic E-state index is 0.299. The average molecular weight is 372 g/mol. The van der Waals surface area contributed by atoms with Gasteiger partial charge in [-0.1, -0.05) is 61.9 Å². The average Bonchev–Trinajstić information content (AvgIpc) is 3.01. The Balaban J connectivity index is 2.13. The van der Waals surface area contributed by atoms with Gasteiger partial charge in [0.1, 0.15) is 0 Å². The number of unbranched alkanes of at least 4 members (excludes halogenated alkanes) is 2. The topological polar surface area (TPSA) is 61.8 Å². The Morgan fingerprint density at radius 3 is 2.46 bits per heavy atom. The number of hydrogen-bond donors (Lipinski definition) is 0. The largest absolute Gasteiger partial charge is 0.332 e. The van der Waals surface area contributed by atoms with E-state index in [0.29, 0.717) is 17.7 Å². The molecule has 138 valence electrons. The number of thioether (sulfide) groups is 1. The van der Waals surface area contributed by atoms with Crippen LogP contribution in [0.5, 0.6) is 0 Å². The van der Waals surface area contributed by atoms with Crippen molar-refractivity contribution in [2.24, 2.45) is 14.1 Å². The lowest BCUT2D eigenvalue weighted by atomic mass is 10.2. The van der Waals surface area contributed by atoms with Crippen molar-refractivity contribution in [3.63, 3.8) is 0 Å². The molecule has 0 bridgehead atoms. The fourth-order valence-corrected chi connectivity index (χ4v) is 3.96. The van der Waals surface area contributed by atoms with Gasteiger partial charge in [-0.2, -0.15) is 0 Å². The van der Waals surface area contributed by atoms with Gasteiger partial charge in [-0.05, 0) is 12.0 Å². The molecule has 0 saturated carbocycles. The van der Waals surface area contributed by atoms with Crippen LogP contribution in [0.2, 0.25) is 0 Å². The second-order valence-corrected chi connectivity index (χ2v) is 7.46. The summed E-state index contributed by atoms with van der Waals surface area (Å²) in [6, 6.07) is 10.00. The molecule has 6 nitrogen and oxygen atoms in total. The molecule has 0 radical (unpaired) electrons. The second kappa shape index (κ2) is 7.95. The first kappa shape index (κ1) is 18.5. The van der Waals surface area contributed by atoms with Crippen LogP contribution in [0.25, 0.3) is 11.2 Å². The summed E-state index contributed by atoms with van der Waals surface area (Å²) < 4.78 is 4.55. The van der Waals surface area contributed by atoms with Crippen LogP contribution in [0.3, 0.4) is 0 Å². The Hall–Kier alpha value is -2.28. The molecule has 2 aromatic heterocycles. The molecule has 0 fully saturated rings. The summed E-state index contributed by atoms with van der Waals surface area (Å²) in [7, 11) is 3.17. The number of aromatic nitrogens is 4. The minimum Gasteiger partial charge on any atom is -0.309 e. The zero-order chi connectivity index (χ0) is 18.7. The highest BCUT2D eigenvalue weighted by Gasteiger charge is 2.19. The Morgan fingerprint density at radius 2 is 1.77 bits per heavy atom. The first-order valence-corrected chi connectivity index (χ1v) is 9.86. The lowest BCUT2D eigenvalue weighted by molar-refractivity contribution is 0.696. The van der Waals surface area contributed by atoms with Gasteiger partial charge >= 0.3 is 5.69 Å². The highest BCUT2D eigenvalue weighted by Crippen LogP contribution is 2.24. The smallest absolute Gasteiger partial charge is 0.309 e. The first-order chi connectivity index (χ1) is 12.5. The highest BCUT2D eigenvalue weighted by atomic mass is 32.2. The molecule has 0 amide bonds. The van der Waals surface area contributed by atoms with Gasteiger partial charge < -0.3 is 4.57 Å². The predicted molar refractivity (Wildman–Crippen MR) is 106 cm³/mol. The first-order valence-electron chi connectivity index (χ1n) is 8.87. The second-order valence-electron chi connectivity index (χ2n) is 6.40. The zero-order valence-electron chi connectivity index (χ0n) is 15.4. The number of hydrogen-bond acceptors (Lipinski definition) is 4. The third kappa shape index (κ3) is 3.49. The van der Waals surface area contributed by atoms with E-state index in [1.165, 1.54) is 18.0 Å². The molecule has 0 aliphatic heterocycles. The van der Waals surface area contributed by atoms with E-state index in [1.807, 2.05) is 34.9 Å². The van der Waals surface area contributed by atoms with Gasteiger partial charge in [0.15, 0.2) is 16.3 Å². The summed E-state index contributed by atoms with van der Waals surface area (Å²) in [5.74, 6) is 0.945. The monoisotopic (exact) mass is 372 g/mol. The molecule has 0 unspecified atom stereocenters. The molecule has 0 aliphatic carbocycles. The van der Waals surface area contributed by atoms with Crippen molar-refractivity contribution < 1.29 is 0 Å². The van der Waals surface area contributed by atoms with E-state index in [4.69, 9.17) is 0 Å². The van der Waals surface area contributed by atoms with Crippen LogP contribution < -0.4 is 11.2 Å². The van der Waals surface area contributed by atoms with Gasteiger partial charge in [-0.3, -0.25) is 13.9 Å². The van der Waals surface area contributed by atoms with Gasteiger partial charge in [0, 0.05) is 19.8 Å². The van der Waals surface area contributed by atoms with Crippen LogP contribution in [0, 0.1) is 0 Å². The third-order valence-corrected chi connectivity index (χ3v) is 5.54. The molecule has 0 atom stereocenters. The molecule has 0 saturated heterocycles. The molecule has 7 heteroatoms. The minimum atomic E-state index is -0.352. The summed E-state index contributed by atoms with van der Waals surface area (Å²) >= 11 is 1.65. The van der Waals surface area contributed by atoms with Gasteiger partial charge in [0.25, 0.3) is 5.56 Å². The van der Waals surface area contributed by atoms with Crippen molar-refractivity contribution in [3.8, 4) is 0 Å². The normalized spacial score (nSPS) is 11.3. The van der Waals surface area contributed by atoms with Crippen LogP contribution in [0.1, 0.15) is 31.7 Å². The van der Waals surface area contributed by atoms with Crippen LogP contribution in [0.4, 0.5) is 0 Å². The molecule has 2 heterocycles. The van der Waals surface area contributed by atoms with Gasteiger partial charge in [0.2, 0.25) is 0 Å². The molecule has 0 aliphatic rings. The van der Waals surface area contributed by atoms with E-state index in [9.17, 15) is 9.59 Å². The van der Waals surface area contributed by atoms with Crippen molar-refractivity contribution in [1.29, 1.82) is 0 Å². The van der Waals surface area contributed by atoms with Crippen molar-refractivity contribution in [2.75, 3.05) is 5.75 Å². The molecule has 3 rings (SSSR count). The van der Waals surface area contributed by atoms with E-state index in [0.717, 1.165) is 33.9 Å². The van der Waals surface area contributed by atoms with E-state index in [1.54, 1.807) is 18.8 Å². The lowest BCUT2D eigenvalue weighted by Crippen LogP contribution is -2.37. The molecule has 3 aromatic rings. The van der Waals surface area contributed by atoms with E-state index >= 15 is 0 Å². The van der Waals surface area contributed by atoms with Gasteiger partial charge in [0.05, 0.1) is 6.54 Å². The van der Waals surface area contributed by atoms with Crippen molar-refractivity contribution in [3.05, 3.63) is 56.7 Å². The highest BCUT2D eigenvalue weighted by molar-refractivity contribution is 7.99. The summed E-state index contributed by atoms with van der Waals surface area (Å²) in [5.41, 5.74) is 1.38. The van der Waals surface area contributed by atoms with E-state index in [2.05, 4.69) is 11.9 Å². The van der Waals surface area contributed by atoms with Crippen LogP contribution in [-0.2, 0) is 20.6 Å². The number of fused-ring (bicyclic) bond motifs is 1. The van der Waals surface area contributed by atoms with E-state index < -0.39 is 0 Å². The lowest BCUT2D eigenvalue weighted by Gasteiger charge is -2.09. The summed E-state index contributed by atoms with van der Waals surface area (Å²) in [4.78, 5) is 29.7. The van der Waals surface area contributed by atoms with Gasteiger partial charge in [-0.15, -0.1) is 0 Å². The number of nitrogens with zero attached hydrogens (tertiary/aromatic N) is 4. The Labute approximate surface area is 156 Å². The molecule has 1 aromatic carbocycles. The summed E-state index contributed by atoms with van der Waals surface area (Å²) in [6.07, 6.45) is 3.44. The molecule has 0 N–H and O–H groups in total. The van der Waals surface area contributed by atoms with Crippen LogP contribution >= 0.6 is 11.8 Å². The zero-order valence-corrected chi connectivity index (χ0v) is 16.3. The Kier molecular flexibility index (Phi) is 5.66. The van der Waals surface area contributed by atoms with Gasteiger partial charge in [-0.25, -0.2) is 9.78 Å². The Morgan fingerprint density at radius 1 is 1.04 bits per heavy atom. The number of imidazole rings is 1.